The van der Waals surface area contributed by atoms with Gasteiger partial charge in [0.25, 0.3) is 0 Å². The van der Waals surface area contributed by atoms with Crippen LogP contribution in [-0.2, 0) is 4.79 Å². The first-order valence-corrected chi connectivity index (χ1v) is 7.51. The Morgan fingerprint density at radius 3 is 1.53 bits per heavy atom. The van der Waals surface area contributed by atoms with Crippen LogP contribution >= 0.6 is 0 Å². The molecule has 2 nitrogen and oxygen atoms in total. The normalized spacial score (nSPS) is 10.4. The summed E-state index contributed by atoms with van der Waals surface area (Å²) in [6.07, 6.45) is 18.0. The third-order valence-corrected chi connectivity index (χ3v) is 3.23. The number of carbonyl (C=O) groups excluding carboxylic acids is 1. The molecule has 0 rings (SSSR count). The molecule has 0 spiro atoms. The highest BCUT2D eigenvalue weighted by molar-refractivity contribution is 5.46. The van der Waals surface area contributed by atoms with Gasteiger partial charge in [-0.25, -0.2) is 0 Å². The lowest BCUT2D eigenvalue weighted by molar-refractivity contribution is 0.529. The molecule has 0 bridgehead atoms. The van der Waals surface area contributed by atoms with Crippen LogP contribution < -0.4 is 5.32 Å². The molecular weight excluding hydrogens is 210 g/mol. The lowest BCUT2D eigenvalue weighted by Gasteiger charge is -2.02. The summed E-state index contributed by atoms with van der Waals surface area (Å²) in [5.41, 5.74) is 0. The second-order valence-corrected chi connectivity index (χ2v) is 4.92. The van der Waals surface area contributed by atoms with Gasteiger partial charge in [0.2, 0.25) is 0 Å². The highest BCUT2D eigenvalue weighted by Crippen LogP contribution is 2.11. The molecule has 0 aliphatic carbocycles. The van der Waals surface area contributed by atoms with E-state index in [1.807, 2.05) is 0 Å². The number of rotatable bonds is 14. The molecule has 0 aliphatic heterocycles. The topological polar surface area (TPSA) is 29.1 Å². The summed E-state index contributed by atoms with van der Waals surface area (Å²) < 4.78 is 0. The van der Waals surface area contributed by atoms with Crippen LogP contribution in [0.5, 0.6) is 0 Å². The van der Waals surface area contributed by atoms with Gasteiger partial charge < -0.3 is 5.32 Å². The standard InChI is InChI=1S/C15H30NO/c1-2-3-4-5-6-7-8-9-10-11-12-13-14-16-15-17/h2-14H2,1H3,(H,16,17). The number of nitrogens with one attached hydrogen (secondary N) is 1. The van der Waals surface area contributed by atoms with E-state index < -0.39 is 0 Å². The van der Waals surface area contributed by atoms with Crippen molar-refractivity contribution in [1.82, 2.24) is 5.32 Å². The van der Waals surface area contributed by atoms with Crippen LogP contribution in [0.1, 0.15) is 84.0 Å². The number of unbranched alkanes of at least 4 members (excludes halogenated alkanes) is 11. The zero-order valence-corrected chi connectivity index (χ0v) is 11.6. The fourth-order valence-electron chi connectivity index (χ4n) is 2.11. The van der Waals surface area contributed by atoms with E-state index in [4.69, 9.17) is 0 Å². The molecule has 0 aromatic carbocycles. The first kappa shape index (κ1) is 16.5. The van der Waals surface area contributed by atoms with Crippen LogP contribution in [0, 0.1) is 0 Å². The SMILES string of the molecule is CCCCCCCCCCCCCCN[C]=O. The fraction of sp³-hybridized carbons (Fsp3) is 0.933. The number of amides is 1. The average Bonchev–Trinajstić information content (AvgIpc) is 2.35. The van der Waals surface area contributed by atoms with E-state index in [0.717, 1.165) is 13.0 Å². The first-order chi connectivity index (χ1) is 8.41. The van der Waals surface area contributed by atoms with Gasteiger partial charge >= 0.3 is 6.41 Å². The lowest BCUT2D eigenvalue weighted by atomic mass is 10.1. The Hall–Kier alpha value is -0.530. The largest absolute Gasteiger partial charge is 0.348 e. The Balaban J connectivity index is 2.87. The zero-order valence-electron chi connectivity index (χ0n) is 11.6. The van der Waals surface area contributed by atoms with E-state index in [1.54, 1.807) is 6.41 Å². The molecule has 0 unspecified atom stereocenters. The number of hydrogen-bond acceptors (Lipinski definition) is 1. The molecule has 0 aromatic heterocycles. The van der Waals surface area contributed by atoms with Crippen LogP contribution in [0.15, 0.2) is 0 Å². The van der Waals surface area contributed by atoms with Crippen LogP contribution in [0.3, 0.4) is 0 Å². The van der Waals surface area contributed by atoms with Crippen molar-refractivity contribution in [3.8, 4) is 0 Å². The molecule has 1 amide bonds. The fourth-order valence-corrected chi connectivity index (χ4v) is 2.11. The molecule has 0 aromatic rings. The summed E-state index contributed by atoms with van der Waals surface area (Å²) in [6, 6.07) is 0. The number of hydrogen-bond donors (Lipinski definition) is 1. The van der Waals surface area contributed by atoms with Gasteiger partial charge in [0, 0.05) is 6.54 Å². The molecule has 17 heavy (non-hydrogen) atoms. The first-order valence-electron chi connectivity index (χ1n) is 7.51. The summed E-state index contributed by atoms with van der Waals surface area (Å²) in [6.45, 7) is 3.06. The predicted molar refractivity (Wildman–Crippen MR) is 74.8 cm³/mol. The summed E-state index contributed by atoms with van der Waals surface area (Å²) in [7, 11) is 0. The second kappa shape index (κ2) is 15.5. The van der Waals surface area contributed by atoms with Crippen LogP contribution in [0.4, 0.5) is 0 Å². The van der Waals surface area contributed by atoms with Gasteiger partial charge in [0.1, 0.15) is 0 Å². The highest BCUT2D eigenvalue weighted by Gasteiger charge is 1.93. The smallest absolute Gasteiger partial charge is 0.309 e. The minimum atomic E-state index is 0.793. The van der Waals surface area contributed by atoms with Crippen LogP contribution in [0.2, 0.25) is 0 Å². The van der Waals surface area contributed by atoms with Gasteiger partial charge in [0.15, 0.2) is 0 Å². The van der Waals surface area contributed by atoms with E-state index in [9.17, 15) is 4.79 Å². The van der Waals surface area contributed by atoms with Gasteiger partial charge in [-0.3, -0.25) is 4.79 Å². The molecule has 0 saturated carbocycles. The summed E-state index contributed by atoms with van der Waals surface area (Å²) in [4.78, 5) is 9.87. The zero-order chi connectivity index (χ0) is 12.6. The Morgan fingerprint density at radius 1 is 0.706 bits per heavy atom. The summed E-state index contributed by atoms with van der Waals surface area (Å²) in [5.74, 6) is 0. The van der Waals surface area contributed by atoms with E-state index >= 15 is 0 Å². The average molecular weight is 240 g/mol. The van der Waals surface area contributed by atoms with Crippen LogP contribution in [-0.4, -0.2) is 13.0 Å². The van der Waals surface area contributed by atoms with E-state index in [1.165, 1.54) is 70.6 Å². The Morgan fingerprint density at radius 2 is 1.12 bits per heavy atom. The van der Waals surface area contributed by atoms with Crippen molar-refractivity contribution in [3.63, 3.8) is 0 Å². The van der Waals surface area contributed by atoms with Crippen molar-refractivity contribution in [2.75, 3.05) is 6.54 Å². The van der Waals surface area contributed by atoms with Gasteiger partial charge in [-0.15, -0.1) is 0 Å². The third-order valence-electron chi connectivity index (χ3n) is 3.23. The summed E-state index contributed by atoms with van der Waals surface area (Å²) in [5, 5.41) is 2.58. The molecule has 1 radical (unpaired) electrons. The minimum absolute atomic E-state index is 0.793. The molecule has 0 aliphatic rings. The van der Waals surface area contributed by atoms with Crippen LogP contribution in [0.25, 0.3) is 0 Å². The molecule has 1 N–H and O–H groups in total. The van der Waals surface area contributed by atoms with Crippen molar-refractivity contribution in [1.29, 1.82) is 0 Å². The van der Waals surface area contributed by atoms with E-state index in [0.29, 0.717) is 0 Å². The van der Waals surface area contributed by atoms with Gasteiger partial charge in [-0.2, -0.15) is 0 Å². The molecule has 0 fully saturated rings. The van der Waals surface area contributed by atoms with Gasteiger partial charge in [0.05, 0.1) is 0 Å². The maximum Gasteiger partial charge on any atom is 0.309 e. The highest BCUT2D eigenvalue weighted by atomic mass is 16.1. The summed E-state index contributed by atoms with van der Waals surface area (Å²) >= 11 is 0. The lowest BCUT2D eigenvalue weighted by Crippen LogP contribution is -2.11. The van der Waals surface area contributed by atoms with E-state index in [2.05, 4.69) is 12.2 Å². The minimum Gasteiger partial charge on any atom is -0.348 e. The van der Waals surface area contributed by atoms with Gasteiger partial charge in [-0.1, -0.05) is 77.6 Å². The molecule has 0 saturated heterocycles. The van der Waals surface area contributed by atoms with Crippen molar-refractivity contribution in [2.45, 2.75) is 84.0 Å². The second-order valence-electron chi connectivity index (χ2n) is 4.92. The maximum absolute atomic E-state index is 9.87. The molecular formula is C15H30NO. The molecule has 0 heterocycles. The monoisotopic (exact) mass is 240 g/mol. The van der Waals surface area contributed by atoms with E-state index in [-0.39, 0.29) is 0 Å². The Labute approximate surface area is 108 Å². The van der Waals surface area contributed by atoms with Gasteiger partial charge in [-0.05, 0) is 6.42 Å². The molecule has 101 valence electrons. The van der Waals surface area contributed by atoms with Crippen molar-refractivity contribution < 1.29 is 4.79 Å². The third kappa shape index (κ3) is 15.5. The predicted octanol–water partition coefficient (Wildman–Crippen LogP) is 4.34. The van der Waals surface area contributed by atoms with Crippen molar-refractivity contribution in [3.05, 3.63) is 0 Å². The van der Waals surface area contributed by atoms with Crippen molar-refractivity contribution in [2.24, 2.45) is 0 Å². The maximum atomic E-state index is 9.87. The van der Waals surface area contributed by atoms with Crippen molar-refractivity contribution >= 4 is 6.41 Å². The molecule has 2 heteroatoms. The Kier molecular flexibility index (Phi) is 15.0. The molecule has 0 atom stereocenters. The quantitative estimate of drug-likeness (QED) is 0.355. The Bertz CT molecular complexity index is 148.